The number of aromatic nitrogens is 1. The number of hydrogen-bond donors (Lipinski definition) is 0. The van der Waals surface area contributed by atoms with Crippen LogP contribution >= 0.6 is 11.3 Å². The molecule has 0 saturated carbocycles. The van der Waals surface area contributed by atoms with Crippen LogP contribution in [0.25, 0.3) is 86.9 Å². The fraction of sp³-hybridized carbons (Fsp3) is 0. The maximum absolute atomic E-state index is 6.62. The Hall–Kier alpha value is -6.95. The second-order valence-electron chi connectivity index (χ2n) is 13.5. The molecule has 0 bridgehead atoms. The predicted molar refractivity (Wildman–Crippen MR) is 225 cm³/mol. The molecule has 254 valence electrons. The number of furan rings is 1. The average molecular weight is 711 g/mol. The molecule has 0 spiro atoms. The zero-order valence-corrected chi connectivity index (χ0v) is 29.8. The highest BCUT2D eigenvalue weighted by atomic mass is 32.1. The van der Waals surface area contributed by atoms with Crippen LogP contribution in [0.2, 0.25) is 0 Å². The van der Waals surface area contributed by atoms with Crippen LogP contribution in [0.1, 0.15) is 0 Å². The third kappa shape index (κ3) is 5.01. The summed E-state index contributed by atoms with van der Waals surface area (Å²) in [7, 11) is 0. The lowest BCUT2D eigenvalue weighted by atomic mass is 9.99. The molecule has 0 atom stereocenters. The van der Waals surface area contributed by atoms with E-state index in [1.54, 1.807) is 0 Å². The zero-order valence-electron chi connectivity index (χ0n) is 28.9. The first kappa shape index (κ1) is 30.7. The summed E-state index contributed by atoms with van der Waals surface area (Å²) < 4.78 is 15.4. The van der Waals surface area contributed by atoms with Crippen molar-refractivity contribution < 1.29 is 8.83 Å². The van der Waals surface area contributed by atoms with E-state index < -0.39 is 0 Å². The molecular weight excluding hydrogens is 681 g/mol. The van der Waals surface area contributed by atoms with Crippen molar-refractivity contribution >= 4 is 81.6 Å². The van der Waals surface area contributed by atoms with E-state index in [0.29, 0.717) is 5.89 Å². The van der Waals surface area contributed by atoms with E-state index >= 15 is 0 Å². The summed E-state index contributed by atoms with van der Waals surface area (Å²) in [5.41, 5.74) is 12.0. The number of nitrogens with zero attached hydrogens (tertiary/aromatic N) is 2. The summed E-state index contributed by atoms with van der Waals surface area (Å²) in [4.78, 5) is 7.19. The molecule has 3 aromatic heterocycles. The molecule has 0 amide bonds. The monoisotopic (exact) mass is 710 g/mol. The van der Waals surface area contributed by atoms with Gasteiger partial charge in [-0.15, -0.1) is 11.3 Å². The van der Waals surface area contributed by atoms with E-state index in [1.807, 2.05) is 47.7 Å². The molecule has 11 aromatic rings. The molecule has 0 unspecified atom stereocenters. The number of hydrogen-bond acceptors (Lipinski definition) is 5. The van der Waals surface area contributed by atoms with Crippen LogP contribution < -0.4 is 4.90 Å². The topological polar surface area (TPSA) is 42.4 Å². The third-order valence-electron chi connectivity index (χ3n) is 10.3. The molecule has 4 nitrogen and oxygen atoms in total. The zero-order chi connectivity index (χ0) is 35.6. The highest BCUT2D eigenvalue weighted by molar-refractivity contribution is 7.26. The van der Waals surface area contributed by atoms with Gasteiger partial charge in [0.1, 0.15) is 16.7 Å². The molecular formula is C49H30N2O2S. The van der Waals surface area contributed by atoms with E-state index in [-0.39, 0.29) is 0 Å². The summed E-state index contributed by atoms with van der Waals surface area (Å²) in [5.74, 6) is 0.584. The second kappa shape index (κ2) is 12.3. The fourth-order valence-electron chi connectivity index (χ4n) is 7.80. The van der Waals surface area contributed by atoms with Gasteiger partial charge in [-0.05, 0) is 95.1 Å². The highest BCUT2D eigenvalue weighted by Gasteiger charge is 2.22. The number of fused-ring (bicyclic) bond motifs is 7. The number of thiophene rings is 1. The van der Waals surface area contributed by atoms with Crippen molar-refractivity contribution in [2.45, 2.75) is 0 Å². The van der Waals surface area contributed by atoms with Crippen LogP contribution in [0.15, 0.2) is 191 Å². The Morgan fingerprint density at radius 3 is 1.98 bits per heavy atom. The molecule has 0 saturated heterocycles. The van der Waals surface area contributed by atoms with Gasteiger partial charge in [0.05, 0.1) is 5.69 Å². The fourth-order valence-corrected chi connectivity index (χ4v) is 8.93. The second-order valence-corrected chi connectivity index (χ2v) is 14.6. The van der Waals surface area contributed by atoms with Gasteiger partial charge in [0, 0.05) is 53.9 Å². The Labute approximate surface area is 314 Å². The van der Waals surface area contributed by atoms with E-state index in [0.717, 1.165) is 61.2 Å². The van der Waals surface area contributed by atoms with E-state index in [2.05, 4.69) is 150 Å². The number of oxazole rings is 1. The van der Waals surface area contributed by atoms with Crippen molar-refractivity contribution in [3.8, 4) is 33.7 Å². The maximum atomic E-state index is 6.62. The summed E-state index contributed by atoms with van der Waals surface area (Å²) in [5, 5.41) is 4.49. The van der Waals surface area contributed by atoms with Crippen molar-refractivity contribution in [3.63, 3.8) is 0 Å². The number of para-hydroxylation sites is 2. The summed E-state index contributed by atoms with van der Waals surface area (Å²) in [6, 6.07) is 64.0. The Morgan fingerprint density at radius 2 is 1.11 bits per heavy atom. The minimum Gasteiger partial charge on any atom is -0.456 e. The Kier molecular flexibility index (Phi) is 7.00. The quantitative estimate of drug-likeness (QED) is 0.172. The normalized spacial score (nSPS) is 11.7. The minimum atomic E-state index is 0.584. The van der Waals surface area contributed by atoms with Crippen molar-refractivity contribution in [1.82, 2.24) is 4.98 Å². The van der Waals surface area contributed by atoms with Gasteiger partial charge in [-0.25, -0.2) is 4.98 Å². The molecule has 0 fully saturated rings. The molecule has 0 aliphatic rings. The van der Waals surface area contributed by atoms with Gasteiger partial charge in [0.2, 0.25) is 5.89 Å². The number of benzene rings is 8. The van der Waals surface area contributed by atoms with E-state index in [1.165, 1.54) is 36.9 Å². The van der Waals surface area contributed by atoms with Crippen molar-refractivity contribution in [1.29, 1.82) is 0 Å². The molecule has 0 radical (unpaired) electrons. The predicted octanol–water partition coefficient (Wildman–Crippen LogP) is 14.6. The molecule has 0 aliphatic carbocycles. The van der Waals surface area contributed by atoms with Crippen LogP contribution in [0, 0.1) is 0 Å². The van der Waals surface area contributed by atoms with Gasteiger partial charge in [-0.3, -0.25) is 0 Å². The van der Waals surface area contributed by atoms with Crippen molar-refractivity contribution in [2.75, 3.05) is 4.90 Å². The molecule has 5 heteroatoms. The Bertz CT molecular complexity index is 3140. The summed E-state index contributed by atoms with van der Waals surface area (Å²) in [6.07, 6.45) is 0. The lowest BCUT2D eigenvalue weighted by Crippen LogP contribution is -2.10. The summed E-state index contributed by atoms with van der Waals surface area (Å²) >= 11 is 1.83. The molecule has 3 heterocycles. The lowest BCUT2D eigenvalue weighted by molar-refractivity contribution is 0.620. The summed E-state index contributed by atoms with van der Waals surface area (Å²) in [6.45, 7) is 0. The van der Waals surface area contributed by atoms with Crippen LogP contribution in [0.3, 0.4) is 0 Å². The van der Waals surface area contributed by atoms with Crippen LogP contribution in [0.4, 0.5) is 17.1 Å². The molecule has 0 N–H and O–H groups in total. The molecule has 0 aliphatic heterocycles. The average Bonchev–Trinajstić information content (AvgIpc) is 3.95. The van der Waals surface area contributed by atoms with Crippen molar-refractivity contribution in [3.05, 3.63) is 182 Å². The van der Waals surface area contributed by atoms with Crippen LogP contribution in [0.5, 0.6) is 0 Å². The van der Waals surface area contributed by atoms with Gasteiger partial charge in [-0.2, -0.15) is 0 Å². The Balaban J connectivity index is 1.07. The molecule has 8 aromatic carbocycles. The van der Waals surface area contributed by atoms with Gasteiger partial charge >= 0.3 is 0 Å². The van der Waals surface area contributed by atoms with Crippen LogP contribution in [-0.4, -0.2) is 4.98 Å². The first-order valence-corrected chi connectivity index (χ1v) is 18.8. The lowest BCUT2D eigenvalue weighted by Gasteiger charge is -2.26. The Morgan fingerprint density at radius 1 is 0.426 bits per heavy atom. The molecule has 11 rings (SSSR count). The van der Waals surface area contributed by atoms with Crippen LogP contribution in [-0.2, 0) is 0 Å². The standard InChI is InChI=1S/C49H30N2O2S/c1-2-11-31(12-3-1)33-13-8-14-34(29-33)32-23-25-35(26-24-32)51(41-18-10-22-46-48(41)38-15-4-7-21-45(38)54-46)36-27-28-37-44(30-36)52-43-20-9-16-39(47(37)43)49-50-40-17-5-6-19-42(40)53-49/h1-30H. The van der Waals surface area contributed by atoms with Gasteiger partial charge < -0.3 is 13.7 Å². The first-order valence-electron chi connectivity index (χ1n) is 18.0. The minimum absolute atomic E-state index is 0.584. The number of anilines is 3. The SMILES string of the molecule is c1ccc(-c2cccc(-c3ccc(N(c4ccc5c(c4)oc4cccc(-c6nc7ccccc7o6)c45)c4cccc5sc6ccccc6c45)cc3)c2)cc1. The number of rotatable bonds is 6. The third-order valence-corrected chi connectivity index (χ3v) is 11.4. The van der Waals surface area contributed by atoms with E-state index in [4.69, 9.17) is 13.8 Å². The largest absolute Gasteiger partial charge is 0.456 e. The van der Waals surface area contributed by atoms with Gasteiger partial charge in [0.15, 0.2) is 5.58 Å². The maximum Gasteiger partial charge on any atom is 0.228 e. The smallest absolute Gasteiger partial charge is 0.228 e. The first-order chi connectivity index (χ1) is 26.7. The highest BCUT2D eigenvalue weighted by Crippen LogP contribution is 2.46. The van der Waals surface area contributed by atoms with Gasteiger partial charge in [0.25, 0.3) is 0 Å². The van der Waals surface area contributed by atoms with Crippen molar-refractivity contribution in [2.24, 2.45) is 0 Å². The molecule has 54 heavy (non-hydrogen) atoms. The van der Waals surface area contributed by atoms with Gasteiger partial charge in [-0.1, -0.05) is 103 Å². The van der Waals surface area contributed by atoms with E-state index in [9.17, 15) is 0 Å².